The first-order valence-corrected chi connectivity index (χ1v) is 5.26. The lowest BCUT2D eigenvalue weighted by Crippen LogP contribution is -2.47. The number of rotatable bonds is 4. The van der Waals surface area contributed by atoms with Crippen LogP contribution in [0.5, 0.6) is 0 Å². The quantitative estimate of drug-likeness (QED) is 0.584. The Kier molecular flexibility index (Phi) is 2.81. The molecule has 0 unspecified atom stereocenters. The highest BCUT2D eigenvalue weighted by Crippen LogP contribution is 2.44. The highest BCUT2D eigenvalue weighted by Gasteiger charge is 2.48. The molecular weight excluding hydrogens is 222 g/mol. The molecule has 1 saturated carbocycles. The molecule has 1 aromatic heterocycles. The SMILES string of the molecule is NC(=O)[C@H](O)C(=O)NC1(c2ccccn2)CC1. The third kappa shape index (κ3) is 2.26. The molecule has 0 aliphatic heterocycles. The average molecular weight is 235 g/mol. The minimum Gasteiger partial charge on any atom is -0.375 e. The molecule has 1 aliphatic carbocycles. The van der Waals surface area contributed by atoms with Crippen LogP contribution in [0.15, 0.2) is 24.4 Å². The Labute approximate surface area is 97.8 Å². The van der Waals surface area contributed by atoms with E-state index in [1.807, 2.05) is 6.07 Å². The Bertz CT molecular complexity index is 443. The Morgan fingerprint density at radius 2 is 2.18 bits per heavy atom. The monoisotopic (exact) mass is 235 g/mol. The Hall–Kier alpha value is -1.95. The first kappa shape index (κ1) is 11.5. The molecule has 1 fully saturated rings. The van der Waals surface area contributed by atoms with Gasteiger partial charge in [-0.05, 0) is 25.0 Å². The molecule has 1 aromatic rings. The van der Waals surface area contributed by atoms with Gasteiger partial charge in [0, 0.05) is 6.20 Å². The van der Waals surface area contributed by atoms with Crippen LogP contribution in [0.3, 0.4) is 0 Å². The van der Waals surface area contributed by atoms with E-state index in [9.17, 15) is 14.7 Å². The second kappa shape index (κ2) is 4.14. The molecule has 17 heavy (non-hydrogen) atoms. The molecule has 0 bridgehead atoms. The Balaban J connectivity index is 2.09. The van der Waals surface area contributed by atoms with Crippen molar-refractivity contribution >= 4 is 11.8 Å². The molecule has 4 N–H and O–H groups in total. The van der Waals surface area contributed by atoms with Crippen molar-refractivity contribution in [1.82, 2.24) is 10.3 Å². The summed E-state index contributed by atoms with van der Waals surface area (Å²) in [4.78, 5) is 26.4. The predicted octanol–water partition coefficient (Wildman–Crippen LogP) is -0.967. The number of nitrogens with one attached hydrogen (secondary N) is 1. The lowest BCUT2D eigenvalue weighted by Gasteiger charge is -2.18. The van der Waals surface area contributed by atoms with Crippen LogP contribution in [0, 0.1) is 0 Å². The van der Waals surface area contributed by atoms with E-state index in [1.54, 1.807) is 18.3 Å². The first-order valence-electron chi connectivity index (χ1n) is 5.26. The van der Waals surface area contributed by atoms with Crippen LogP contribution in [0.2, 0.25) is 0 Å². The maximum atomic E-state index is 11.5. The standard InChI is InChI=1S/C11H13N3O3/c12-9(16)8(15)10(17)14-11(4-5-11)7-3-1-2-6-13-7/h1-3,6,8,15H,4-5H2,(H2,12,16)(H,14,17)/t8-/m0/s1. The van der Waals surface area contributed by atoms with Crippen molar-refractivity contribution in [3.05, 3.63) is 30.1 Å². The number of primary amides is 1. The summed E-state index contributed by atoms with van der Waals surface area (Å²) in [5, 5.41) is 11.8. The molecule has 1 heterocycles. The normalized spacial score (nSPS) is 18.2. The van der Waals surface area contributed by atoms with Crippen molar-refractivity contribution in [2.75, 3.05) is 0 Å². The van der Waals surface area contributed by atoms with Crippen molar-refractivity contribution in [3.8, 4) is 0 Å². The van der Waals surface area contributed by atoms with E-state index in [4.69, 9.17) is 5.73 Å². The number of aromatic nitrogens is 1. The number of carbonyl (C=O) groups excluding carboxylic acids is 2. The summed E-state index contributed by atoms with van der Waals surface area (Å²) in [6, 6.07) is 5.39. The maximum absolute atomic E-state index is 11.5. The van der Waals surface area contributed by atoms with Crippen molar-refractivity contribution in [1.29, 1.82) is 0 Å². The van der Waals surface area contributed by atoms with Gasteiger partial charge in [-0.2, -0.15) is 0 Å². The van der Waals surface area contributed by atoms with Gasteiger partial charge >= 0.3 is 0 Å². The zero-order valence-electron chi connectivity index (χ0n) is 9.09. The van der Waals surface area contributed by atoms with Gasteiger partial charge < -0.3 is 16.2 Å². The van der Waals surface area contributed by atoms with Gasteiger partial charge in [0.15, 0.2) is 0 Å². The minimum absolute atomic E-state index is 0.547. The molecule has 6 heteroatoms. The van der Waals surface area contributed by atoms with Crippen molar-refractivity contribution < 1.29 is 14.7 Å². The molecule has 90 valence electrons. The molecule has 1 atom stereocenters. The number of carbonyl (C=O) groups is 2. The summed E-state index contributed by atoms with van der Waals surface area (Å²) in [7, 11) is 0. The van der Waals surface area contributed by atoms with Crippen LogP contribution in [-0.4, -0.2) is 28.0 Å². The molecule has 6 nitrogen and oxygen atoms in total. The third-order valence-corrected chi connectivity index (χ3v) is 2.79. The second-order valence-electron chi connectivity index (χ2n) is 4.09. The largest absolute Gasteiger partial charge is 0.375 e. The summed E-state index contributed by atoms with van der Waals surface area (Å²) >= 11 is 0. The number of amides is 2. The van der Waals surface area contributed by atoms with Crippen LogP contribution in [0.1, 0.15) is 18.5 Å². The fourth-order valence-electron chi connectivity index (χ4n) is 1.65. The van der Waals surface area contributed by atoms with Crippen molar-refractivity contribution in [3.63, 3.8) is 0 Å². The fraction of sp³-hybridized carbons (Fsp3) is 0.364. The number of pyridine rings is 1. The van der Waals surface area contributed by atoms with Gasteiger partial charge in [0.25, 0.3) is 11.8 Å². The van der Waals surface area contributed by atoms with Crippen molar-refractivity contribution in [2.45, 2.75) is 24.5 Å². The number of hydrogen-bond donors (Lipinski definition) is 3. The summed E-state index contributed by atoms with van der Waals surface area (Å²) in [5.74, 6) is -1.83. The minimum atomic E-state index is -1.81. The number of nitrogens with two attached hydrogens (primary N) is 1. The number of aliphatic hydroxyl groups is 1. The van der Waals surface area contributed by atoms with Gasteiger partial charge in [-0.1, -0.05) is 6.07 Å². The van der Waals surface area contributed by atoms with Crippen LogP contribution in [0.25, 0.3) is 0 Å². The molecule has 1 aliphatic rings. The van der Waals surface area contributed by atoms with Gasteiger partial charge in [-0.25, -0.2) is 0 Å². The average Bonchev–Trinajstić information content (AvgIpc) is 3.10. The molecule has 0 spiro atoms. The summed E-state index contributed by atoms with van der Waals surface area (Å²) in [5.41, 5.74) is 5.03. The summed E-state index contributed by atoms with van der Waals surface area (Å²) in [6.45, 7) is 0. The van der Waals surface area contributed by atoms with Gasteiger partial charge in [-0.15, -0.1) is 0 Å². The summed E-state index contributed by atoms with van der Waals surface area (Å²) < 4.78 is 0. The zero-order chi connectivity index (χ0) is 12.5. The number of hydrogen-bond acceptors (Lipinski definition) is 4. The van der Waals surface area contributed by atoms with Crippen LogP contribution >= 0.6 is 0 Å². The Morgan fingerprint density at radius 3 is 2.65 bits per heavy atom. The fourth-order valence-corrected chi connectivity index (χ4v) is 1.65. The van der Waals surface area contributed by atoms with E-state index in [0.717, 1.165) is 18.5 Å². The molecule has 2 amide bonds. The van der Waals surface area contributed by atoms with E-state index < -0.39 is 23.5 Å². The Morgan fingerprint density at radius 1 is 1.47 bits per heavy atom. The van der Waals surface area contributed by atoms with E-state index >= 15 is 0 Å². The van der Waals surface area contributed by atoms with Gasteiger partial charge in [0.1, 0.15) is 0 Å². The van der Waals surface area contributed by atoms with Crippen LogP contribution in [0.4, 0.5) is 0 Å². The lowest BCUT2D eigenvalue weighted by atomic mass is 10.1. The predicted molar refractivity (Wildman–Crippen MR) is 58.5 cm³/mol. The number of aliphatic hydroxyl groups excluding tert-OH is 1. The van der Waals surface area contributed by atoms with E-state index in [1.165, 1.54) is 0 Å². The highest BCUT2D eigenvalue weighted by atomic mass is 16.3. The second-order valence-corrected chi connectivity index (χ2v) is 4.09. The van der Waals surface area contributed by atoms with Crippen molar-refractivity contribution in [2.24, 2.45) is 5.73 Å². The van der Waals surface area contributed by atoms with Crippen LogP contribution < -0.4 is 11.1 Å². The highest BCUT2D eigenvalue weighted by molar-refractivity contribution is 6.02. The topological polar surface area (TPSA) is 105 Å². The third-order valence-electron chi connectivity index (χ3n) is 2.79. The van der Waals surface area contributed by atoms with Gasteiger partial charge in [-0.3, -0.25) is 14.6 Å². The van der Waals surface area contributed by atoms with Gasteiger partial charge in [0.2, 0.25) is 6.10 Å². The smallest absolute Gasteiger partial charge is 0.259 e. The first-order chi connectivity index (χ1) is 8.05. The zero-order valence-corrected chi connectivity index (χ0v) is 9.09. The molecular formula is C11H13N3O3. The van der Waals surface area contributed by atoms with Gasteiger partial charge in [0.05, 0.1) is 11.2 Å². The maximum Gasteiger partial charge on any atom is 0.259 e. The summed E-state index contributed by atoms with van der Waals surface area (Å²) in [6.07, 6.45) is 1.30. The molecule has 2 rings (SSSR count). The van der Waals surface area contributed by atoms with E-state index in [-0.39, 0.29) is 0 Å². The number of nitrogens with zero attached hydrogens (tertiary/aromatic N) is 1. The van der Waals surface area contributed by atoms with Crippen LogP contribution in [-0.2, 0) is 15.1 Å². The lowest BCUT2D eigenvalue weighted by molar-refractivity contribution is -0.139. The molecule has 0 saturated heterocycles. The molecule has 0 radical (unpaired) electrons. The molecule has 0 aromatic carbocycles. The van der Waals surface area contributed by atoms with E-state index in [2.05, 4.69) is 10.3 Å². The van der Waals surface area contributed by atoms with E-state index in [0.29, 0.717) is 0 Å².